The highest BCUT2D eigenvalue weighted by Gasteiger charge is 2.20. The molecule has 0 bridgehead atoms. The van der Waals surface area contributed by atoms with E-state index in [2.05, 4.69) is 50.4 Å². The van der Waals surface area contributed by atoms with Gasteiger partial charge < -0.3 is 10.1 Å². The van der Waals surface area contributed by atoms with Crippen molar-refractivity contribution in [1.29, 1.82) is 0 Å². The molecule has 2 nitrogen and oxygen atoms in total. The van der Waals surface area contributed by atoms with Gasteiger partial charge in [0.2, 0.25) is 0 Å². The van der Waals surface area contributed by atoms with Crippen molar-refractivity contribution < 1.29 is 4.74 Å². The minimum Gasteiger partial charge on any atom is -0.489 e. The largest absolute Gasteiger partial charge is 0.489 e. The molecule has 112 valence electrons. The van der Waals surface area contributed by atoms with Crippen LogP contribution in [-0.4, -0.2) is 6.04 Å². The summed E-state index contributed by atoms with van der Waals surface area (Å²) in [5.41, 5.74) is 3.90. The Labute approximate surface area is 131 Å². The van der Waals surface area contributed by atoms with Crippen LogP contribution in [0.2, 0.25) is 0 Å². The van der Waals surface area contributed by atoms with Gasteiger partial charge in [-0.1, -0.05) is 6.07 Å². The van der Waals surface area contributed by atoms with Gasteiger partial charge in [0.15, 0.2) is 0 Å². The molecule has 1 aromatic heterocycles. The first-order valence-electron chi connectivity index (χ1n) is 7.63. The van der Waals surface area contributed by atoms with Crippen LogP contribution in [0.5, 0.6) is 5.75 Å². The number of thiophene rings is 1. The highest BCUT2D eigenvalue weighted by atomic mass is 32.1. The standard InChI is InChI=1S/C18H23NOS/c1-12-4-7-17(8-13(12)2)20-11-15-9-18(21-14(15)3)10-19-16-5-6-16/h4,7-9,16,19H,5-6,10-11H2,1-3H3. The molecule has 0 amide bonds. The zero-order chi connectivity index (χ0) is 14.8. The highest BCUT2D eigenvalue weighted by Crippen LogP contribution is 2.26. The fraction of sp³-hybridized carbons (Fsp3) is 0.444. The van der Waals surface area contributed by atoms with E-state index < -0.39 is 0 Å². The summed E-state index contributed by atoms with van der Waals surface area (Å²) in [7, 11) is 0. The molecular weight excluding hydrogens is 278 g/mol. The maximum absolute atomic E-state index is 5.95. The average molecular weight is 301 g/mol. The molecule has 1 aromatic carbocycles. The van der Waals surface area contributed by atoms with Crippen molar-refractivity contribution >= 4 is 11.3 Å². The molecule has 2 aromatic rings. The second-order valence-corrected chi connectivity index (χ2v) is 7.32. The number of hydrogen-bond acceptors (Lipinski definition) is 3. The summed E-state index contributed by atoms with van der Waals surface area (Å²) in [6.45, 7) is 8.10. The zero-order valence-corrected chi connectivity index (χ0v) is 13.8. The third-order valence-electron chi connectivity index (χ3n) is 4.09. The third kappa shape index (κ3) is 3.86. The van der Waals surface area contributed by atoms with Gasteiger partial charge in [0.1, 0.15) is 12.4 Å². The summed E-state index contributed by atoms with van der Waals surface area (Å²) in [4.78, 5) is 2.78. The molecule has 0 atom stereocenters. The zero-order valence-electron chi connectivity index (χ0n) is 13.0. The van der Waals surface area contributed by atoms with Crippen molar-refractivity contribution in [2.24, 2.45) is 0 Å². The fourth-order valence-corrected chi connectivity index (χ4v) is 3.31. The lowest BCUT2D eigenvalue weighted by Gasteiger charge is -2.08. The van der Waals surface area contributed by atoms with Gasteiger partial charge in [0, 0.05) is 27.9 Å². The monoisotopic (exact) mass is 301 g/mol. The first kappa shape index (κ1) is 14.6. The van der Waals surface area contributed by atoms with Crippen LogP contribution in [0.25, 0.3) is 0 Å². The van der Waals surface area contributed by atoms with Crippen LogP contribution in [0, 0.1) is 20.8 Å². The fourth-order valence-electron chi connectivity index (χ4n) is 2.32. The molecule has 0 aliphatic heterocycles. The Hall–Kier alpha value is -1.32. The van der Waals surface area contributed by atoms with Crippen LogP contribution in [0.1, 0.15) is 39.3 Å². The molecule has 0 unspecified atom stereocenters. The SMILES string of the molecule is Cc1ccc(OCc2cc(CNC3CC3)sc2C)cc1C. The van der Waals surface area contributed by atoms with Gasteiger partial charge in [-0.25, -0.2) is 0 Å². The Morgan fingerprint density at radius 2 is 1.95 bits per heavy atom. The van der Waals surface area contributed by atoms with E-state index in [0.717, 1.165) is 18.3 Å². The van der Waals surface area contributed by atoms with Crippen LogP contribution in [-0.2, 0) is 13.2 Å². The smallest absolute Gasteiger partial charge is 0.120 e. The van der Waals surface area contributed by atoms with Gasteiger partial charge in [-0.2, -0.15) is 0 Å². The predicted molar refractivity (Wildman–Crippen MR) is 89.2 cm³/mol. The molecule has 1 heterocycles. The molecule has 1 N–H and O–H groups in total. The molecule has 0 spiro atoms. The van der Waals surface area contributed by atoms with Crippen molar-refractivity contribution in [2.75, 3.05) is 0 Å². The van der Waals surface area contributed by atoms with E-state index >= 15 is 0 Å². The normalized spacial score (nSPS) is 14.4. The minimum absolute atomic E-state index is 0.661. The van der Waals surface area contributed by atoms with E-state index in [1.54, 1.807) is 0 Å². The molecule has 0 saturated heterocycles. The van der Waals surface area contributed by atoms with Gasteiger partial charge in [-0.05, 0) is 62.9 Å². The summed E-state index contributed by atoms with van der Waals surface area (Å²) in [5.74, 6) is 0.960. The van der Waals surface area contributed by atoms with Crippen LogP contribution >= 0.6 is 11.3 Å². The molecule has 1 fully saturated rings. The van der Waals surface area contributed by atoms with Gasteiger partial charge in [0.25, 0.3) is 0 Å². The Morgan fingerprint density at radius 3 is 2.67 bits per heavy atom. The first-order chi connectivity index (χ1) is 10.1. The minimum atomic E-state index is 0.661. The molecule has 21 heavy (non-hydrogen) atoms. The van der Waals surface area contributed by atoms with E-state index in [1.807, 2.05) is 11.3 Å². The van der Waals surface area contributed by atoms with Gasteiger partial charge in [-0.15, -0.1) is 11.3 Å². The van der Waals surface area contributed by atoms with Crippen molar-refractivity contribution in [1.82, 2.24) is 5.32 Å². The second-order valence-electron chi connectivity index (χ2n) is 5.98. The first-order valence-corrected chi connectivity index (χ1v) is 8.45. The number of aryl methyl sites for hydroxylation is 3. The average Bonchev–Trinajstić information content (AvgIpc) is 3.22. The predicted octanol–water partition coefficient (Wildman–Crippen LogP) is 4.50. The molecule has 1 aliphatic carbocycles. The molecule has 3 rings (SSSR count). The topological polar surface area (TPSA) is 21.3 Å². The maximum atomic E-state index is 5.95. The summed E-state index contributed by atoms with van der Waals surface area (Å²) in [6.07, 6.45) is 2.68. The van der Waals surface area contributed by atoms with Crippen LogP contribution in [0.4, 0.5) is 0 Å². The Kier molecular flexibility index (Phi) is 4.32. The number of rotatable bonds is 6. The molecule has 1 saturated carbocycles. The van der Waals surface area contributed by atoms with Crippen molar-refractivity contribution in [2.45, 2.75) is 52.8 Å². The summed E-state index contributed by atoms with van der Waals surface area (Å²) in [5, 5.41) is 3.57. The Bertz CT molecular complexity index is 628. The van der Waals surface area contributed by atoms with Crippen molar-refractivity contribution in [3.05, 3.63) is 50.7 Å². The van der Waals surface area contributed by atoms with Crippen LogP contribution in [0.3, 0.4) is 0 Å². The summed E-state index contributed by atoms with van der Waals surface area (Å²) >= 11 is 1.88. The lowest BCUT2D eigenvalue weighted by atomic mass is 10.1. The van der Waals surface area contributed by atoms with Crippen LogP contribution < -0.4 is 10.1 Å². The third-order valence-corrected chi connectivity index (χ3v) is 5.18. The molecular formula is C18H23NOS. The van der Waals surface area contributed by atoms with Crippen molar-refractivity contribution in [3.63, 3.8) is 0 Å². The van der Waals surface area contributed by atoms with E-state index in [-0.39, 0.29) is 0 Å². The lowest BCUT2D eigenvalue weighted by Crippen LogP contribution is -2.14. The Morgan fingerprint density at radius 1 is 1.14 bits per heavy atom. The summed E-state index contributed by atoms with van der Waals surface area (Å²) < 4.78 is 5.95. The summed E-state index contributed by atoms with van der Waals surface area (Å²) in [6, 6.07) is 9.35. The van der Waals surface area contributed by atoms with E-state index in [9.17, 15) is 0 Å². The lowest BCUT2D eigenvalue weighted by molar-refractivity contribution is 0.305. The number of benzene rings is 1. The molecule has 0 radical (unpaired) electrons. The van der Waals surface area contributed by atoms with E-state index in [4.69, 9.17) is 4.74 Å². The maximum Gasteiger partial charge on any atom is 0.120 e. The van der Waals surface area contributed by atoms with Crippen molar-refractivity contribution in [3.8, 4) is 5.75 Å². The number of ether oxygens (including phenoxy) is 1. The van der Waals surface area contributed by atoms with Crippen LogP contribution in [0.15, 0.2) is 24.3 Å². The number of hydrogen-bond donors (Lipinski definition) is 1. The second kappa shape index (κ2) is 6.20. The van der Waals surface area contributed by atoms with E-state index in [1.165, 1.54) is 39.3 Å². The van der Waals surface area contributed by atoms with E-state index in [0.29, 0.717) is 6.61 Å². The van der Waals surface area contributed by atoms with Gasteiger partial charge >= 0.3 is 0 Å². The molecule has 3 heteroatoms. The van der Waals surface area contributed by atoms with Gasteiger partial charge in [0.05, 0.1) is 0 Å². The highest BCUT2D eigenvalue weighted by molar-refractivity contribution is 7.12. The quantitative estimate of drug-likeness (QED) is 0.848. The number of nitrogens with one attached hydrogen (secondary N) is 1. The molecule has 1 aliphatic rings. The van der Waals surface area contributed by atoms with Gasteiger partial charge in [-0.3, -0.25) is 0 Å². The Balaban J connectivity index is 1.59.